The summed E-state index contributed by atoms with van der Waals surface area (Å²) in [5, 5.41) is 0. The predicted molar refractivity (Wildman–Crippen MR) is 96.9 cm³/mol. The minimum absolute atomic E-state index is 0.117. The van der Waals surface area contributed by atoms with Crippen molar-refractivity contribution in [2.75, 3.05) is 0 Å². The number of halogens is 3. The molecule has 0 aliphatic heterocycles. The van der Waals surface area contributed by atoms with Crippen LogP contribution in [0.4, 0.5) is 13.2 Å². The lowest BCUT2D eigenvalue weighted by molar-refractivity contribution is -0.171. The zero-order chi connectivity index (χ0) is 19.8. The van der Waals surface area contributed by atoms with E-state index in [9.17, 15) is 22.8 Å². The molecule has 0 fully saturated rings. The van der Waals surface area contributed by atoms with Crippen LogP contribution in [0.15, 0.2) is 0 Å². The normalized spacial score (nSPS) is 12.8. The second-order valence-electron chi connectivity index (χ2n) is 6.94. The molecule has 0 N–H and O–H groups in total. The molecule has 0 saturated carbocycles. The Morgan fingerprint density at radius 3 is 1.88 bits per heavy atom. The molecule has 1 atom stereocenters. The summed E-state index contributed by atoms with van der Waals surface area (Å²) in [5.74, 6) is -2.28. The lowest BCUT2D eigenvalue weighted by atomic mass is 10.0. The SMILES string of the molecule is CCCCCCCCCCC(CCC)OC(=O)CCCC(=O)C(F)(F)F. The maximum atomic E-state index is 12.1. The number of Topliss-reactive ketones (excluding diaryl/α,β-unsaturated/α-hetero) is 1. The number of ketones is 1. The second kappa shape index (κ2) is 15.0. The molecular formula is C20H35F3O3. The van der Waals surface area contributed by atoms with Gasteiger partial charge in [0.15, 0.2) is 0 Å². The van der Waals surface area contributed by atoms with Crippen LogP contribution >= 0.6 is 0 Å². The number of esters is 1. The van der Waals surface area contributed by atoms with E-state index in [0.717, 1.165) is 32.1 Å². The van der Waals surface area contributed by atoms with E-state index in [1.165, 1.54) is 38.5 Å². The lowest BCUT2D eigenvalue weighted by Gasteiger charge is -2.17. The van der Waals surface area contributed by atoms with Gasteiger partial charge in [0.25, 0.3) is 0 Å². The summed E-state index contributed by atoms with van der Waals surface area (Å²) in [6.45, 7) is 4.21. The van der Waals surface area contributed by atoms with Gasteiger partial charge in [0, 0.05) is 12.8 Å². The number of hydrogen-bond acceptors (Lipinski definition) is 3. The van der Waals surface area contributed by atoms with E-state index in [1.807, 2.05) is 6.92 Å². The van der Waals surface area contributed by atoms with Crippen molar-refractivity contribution >= 4 is 11.8 Å². The van der Waals surface area contributed by atoms with E-state index in [4.69, 9.17) is 4.74 Å². The van der Waals surface area contributed by atoms with Gasteiger partial charge in [-0.15, -0.1) is 0 Å². The van der Waals surface area contributed by atoms with Gasteiger partial charge in [-0.3, -0.25) is 9.59 Å². The molecule has 0 aliphatic rings. The molecule has 26 heavy (non-hydrogen) atoms. The van der Waals surface area contributed by atoms with E-state index in [0.29, 0.717) is 0 Å². The minimum Gasteiger partial charge on any atom is -0.462 e. The summed E-state index contributed by atoms with van der Waals surface area (Å²) in [4.78, 5) is 22.6. The first-order valence-electron chi connectivity index (χ1n) is 10.1. The molecule has 0 aromatic rings. The summed E-state index contributed by atoms with van der Waals surface area (Å²) in [6, 6.07) is 0. The van der Waals surface area contributed by atoms with Gasteiger partial charge < -0.3 is 4.74 Å². The Labute approximate surface area is 156 Å². The van der Waals surface area contributed by atoms with Crippen molar-refractivity contribution < 1.29 is 27.5 Å². The number of ether oxygens (including phenoxy) is 1. The molecule has 0 rings (SSSR count). The van der Waals surface area contributed by atoms with Crippen LogP contribution < -0.4 is 0 Å². The first-order chi connectivity index (χ1) is 12.3. The second-order valence-corrected chi connectivity index (χ2v) is 6.94. The molecule has 0 aromatic carbocycles. The summed E-state index contributed by atoms with van der Waals surface area (Å²) >= 11 is 0. The van der Waals surface area contributed by atoms with E-state index < -0.39 is 24.3 Å². The fourth-order valence-corrected chi connectivity index (χ4v) is 2.87. The van der Waals surface area contributed by atoms with Crippen molar-refractivity contribution in [3.05, 3.63) is 0 Å². The minimum atomic E-state index is -4.81. The molecule has 0 bridgehead atoms. The fraction of sp³-hybridized carbons (Fsp3) is 0.900. The Hall–Kier alpha value is -1.07. The largest absolute Gasteiger partial charge is 0.462 e. The summed E-state index contributed by atoms with van der Waals surface area (Å²) < 4.78 is 41.7. The molecule has 6 heteroatoms. The summed E-state index contributed by atoms with van der Waals surface area (Å²) in [5.41, 5.74) is 0. The molecule has 3 nitrogen and oxygen atoms in total. The van der Waals surface area contributed by atoms with Gasteiger partial charge in [-0.2, -0.15) is 13.2 Å². The number of alkyl halides is 3. The van der Waals surface area contributed by atoms with Crippen molar-refractivity contribution in [2.24, 2.45) is 0 Å². The zero-order valence-electron chi connectivity index (χ0n) is 16.3. The third kappa shape index (κ3) is 14.1. The highest BCUT2D eigenvalue weighted by Crippen LogP contribution is 2.20. The van der Waals surface area contributed by atoms with Crippen LogP contribution in [0.2, 0.25) is 0 Å². The third-order valence-corrected chi connectivity index (χ3v) is 4.39. The van der Waals surface area contributed by atoms with Gasteiger partial charge in [-0.1, -0.05) is 65.2 Å². The fourth-order valence-electron chi connectivity index (χ4n) is 2.87. The average Bonchev–Trinajstić information content (AvgIpc) is 2.56. The first kappa shape index (κ1) is 24.9. The van der Waals surface area contributed by atoms with Crippen LogP contribution in [-0.4, -0.2) is 24.0 Å². The highest BCUT2D eigenvalue weighted by atomic mass is 19.4. The van der Waals surface area contributed by atoms with E-state index in [2.05, 4.69) is 6.92 Å². The Morgan fingerprint density at radius 2 is 1.35 bits per heavy atom. The highest BCUT2D eigenvalue weighted by molar-refractivity contribution is 5.84. The molecule has 0 heterocycles. The maximum Gasteiger partial charge on any atom is 0.449 e. The Balaban J connectivity index is 3.89. The number of unbranched alkanes of at least 4 members (excludes halogenated alkanes) is 7. The molecule has 154 valence electrons. The van der Waals surface area contributed by atoms with Crippen molar-refractivity contribution in [1.82, 2.24) is 0 Å². The van der Waals surface area contributed by atoms with E-state index >= 15 is 0 Å². The Kier molecular flexibility index (Phi) is 14.4. The maximum absolute atomic E-state index is 12.1. The van der Waals surface area contributed by atoms with E-state index in [1.54, 1.807) is 0 Å². The predicted octanol–water partition coefficient (Wildman–Crippen LogP) is 6.53. The molecule has 1 unspecified atom stereocenters. The summed E-state index contributed by atoms with van der Waals surface area (Å²) in [7, 11) is 0. The average molecular weight is 380 g/mol. The van der Waals surface area contributed by atoms with Crippen LogP contribution in [0, 0.1) is 0 Å². The van der Waals surface area contributed by atoms with Crippen molar-refractivity contribution in [3.63, 3.8) is 0 Å². The Morgan fingerprint density at radius 1 is 0.769 bits per heavy atom. The van der Waals surface area contributed by atoms with E-state index in [-0.39, 0.29) is 18.9 Å². The quantitative estimate of drug-likeness (QED) is 0.226. The molecular weight excluding hydrogens is 345 g/mol. The van der Waals surface area contributed by atoms with Gasteiger partial charge in [0.05, 0.1) is 0 Å². The van der Waals surface area contributed by atoms with Gasteiger partial charge in [0.1, 0.15) is 6.10 Å². The topological polar surface area (TPSA) is 43.4 Å². The molecule has 0 aliphatic carbocycles. The van der Waals surface area contributed by atoms with Crippen LogP contribution in [0.5, 0.6) is 0 Å². The van der Waals surface area contributed by atoms with Crippen molar-refractivity contribution in [2.45, 2.75) is 116 Å². The molecule has 0 radical (unpaired) electrons. The number of rotatable bonds is 16. The molecule has 0 spiro atoms. The van der Waals surface area contributed by atoms with Gasteiger partial charge in [-0.05, 0) is 25.7 Å². The van der Waals surface area contributed by atoms with Crippen molar-refractivity contribution in [3.8, 4) is 0 Å². The monoisotopic (exact) mass is 380 g/mol. The van der Waals surface area contributed by atoms with Crippen molar-refractivity contribution in [1.29, 1.82) is 0 Å². The van der Waals surface area contributed by atoms with Gasteiger partial charge in [-0.25, -0.2) is 0 Å². The summed E-state index contributed by atoms with van der Waals surface area (Å²) in [6.07, 6.45) is 6.23. The van der Waals surface area contributed by atoms with Gasteiger partial charge in [0.2, 0.25) is 5.78 Å². The van der Waals surface area contributed by atoms with Crippen LogP contribution in [-0.2, 0) is 14.3 Å². The van der Waals surface area contributed by atoms with Crippen LogP contribution in [0.1, 0.15) is 104 Å². The smallest absolute Gasteiger partial charge is 0.449 e. The third-order valence-electron chi connectivity index (χ3n) is 4.39. The number of carbonyl (C=O) groups excluding carboxylic acids is 2. The zero-order valence-corrected chi connectivity index (χ0v) is 16.3. The van der Waals surface area contributed by atoms with Crippen LogP contribution in [0.3, 0.4) is 0 Å². The number of hydrogen-bond donors (Lipinski definition) is 0. The van der Waals surface area contributed by atoms with Crippen LogP contribution in [0.25, 0.3) is 0 Å². The Bertz CT molecular complexity index is 381. The highest BCUT2D eigenvalue weighted by Gasteiger charge is 2.37. The standard InChI is InChI=1S/C20H35F3O3/c1-3-5-6-7-8-9-10-11-14-17(13-4-2)26-19(25)16-12-15-18(24)20(21,22)23/h17H,3-16H2,1-2H3. The molecule has 0 saturated heterocycles. The number of carbonyl (C=O) groups is 2. The molecule has 0 aromatic heterocycles. The molecule has 0 amide bonds. The van der Waals surface area contributed by atoms with Gasteiger partial charge >= 0.3 is 12.1 Å². The lowest BCUT2D eigenvalue weighted by Crippen LogP contribution is -2.23. The first-order valence-corrected chi connectivity index (χ1v) is 10.1.